The number of amides is 1. The zero-order valence-corrected chi connectivity index (χ0v) is 19.5. The third kappa shape index (κ3) is 6.01. The fourth-order valence-electron chi connectivity index (χ4n) is 4.45. The normalized spacial score (nSPS) is 20.7. The topological polar surface area (TPSA) is 74.2 Å². The number of nitrogens with zero attached hydrogens (tertiary/aromatic N) is 5. The van der Waals surface area contributed by atoms with Crippen molar-refractivity contribution < 1.29 is 4.79 Å². The van der Waals surface area contributed by atoms with E-state index in [0.29, 0.717) is 12.3 Å². The van der Waals surface area contributed by atoms with Gasteiger partial charge in [-0.25, -0.2) is 4.98 Å². The lowest BCUT2D eigenvalue weighted by Crippen LogP contribution is -2.41. The molecule has 2 saturated heterocycles. The van der Waals surface area contributed by atoms with E-state index >= 15 is 0 Å². The lowest BCUT2D eigenvalue weighted by molar-refractivity contribution is -0.132. The fourth-order valence-corrected chi connectivity index (χ4v) is 5.13. The van der Waals surface area contributed by atoms with Gasteiger partial charge in [0, 0.05) is 37.7 Å². The standard InChI is InChI=1S/C23H34N6OS/c1-3-21-26-27-23(31-21)25-20-8-4-7-19(24-20)18-6-5-12-29(16-18)22(30)11-15-28-13-9-17(2)10-14-28/h4,7-8,17-18H,3,5-6,9-16H2,1-2H3,(H,24,25,27)/t18-/m1/s1. The number of aryl methyl sites for hydroxylation is 1. The summed E-state index contributed by atoms with van der Waals surface area (Å²) in [6, 6.07) is 6.07. The Hall–Kier alpha value is -2.06. The van der Waals surface area contributed by atoms with Crippen molar-refractivity contribution >= 4 is 28.2 Å². The first-order valence-electron chi connectivity index (χ1n) is 11.7. The second kappa shape index (κ2) is 10.5. The number of hydrogen-bond acceptors (Lipinski definition) is 7. The number of carbonyl (C=O) groups excluding carboxylic acids is 1. The molecule has 4 heterocycles. The molecule has 2 fully saturated rings. The second-order valence-corrected chi connectivity index (χ2v) is 9.94. The van der Waals surface area contributed by atoms with E-state index in [4.69, 9.17) is 4.98 Å². The van der Waals surface area contributed by atoms with Gasteiger partial charge in [-0.1, -0.05) is 31.3 Å². The van der Waals surface area contributed by atoms with Crippen LogP contribution >= 0.6 is 11.3 Å². The molecule has 168 valence electrons. The number of aromatic nitrogens is 3. The summed E-state index contributed by atoms with van der Waals surface area (Å²) in [4.78, 5) is 22.2. The van der Waals surface area contributed by atoms with E-state index in [1.807, 2.05) is 12.1 Å². The third-order valence-electron chi connectivity index (χ3n) is 6.49. The van der Waals surface area contributed by atoms with Crippen LogP contribution in [0.4, 0.5) is 10.9 Å². The number of pyridine rings is 1. The van der Waals surface area contributed by atoms with E-state index in [0.717, 1.165) is 79.6 Å². The maximum atomic E-state index is 12.9. The number of nitrogens with one attached hydrogen (secondary N) is 1. The quantitative estimate of drug-likeness (QED) is 0.697. The fraction of sp³-hybridized carbons (Fsp3) is 0.652. The predicted molar refractivity (Wildman–Crippen MR) is 125 cm³/mol. The molecule has 2 aromatic rings. The maximum absolute atomic E-state index is 12.9. The lowest BCUT2D eigenvalue weighted by atomic mass is 9.94. The van der Waals surface area contributed by atoms with Gasteiger partial charge < -0.3 is 15.1 Å². The average Bonchev–Trinajstić information content (AvgIpc) is 3.26. The van der Waals surface area contributed by atoms with Gasteiger partial charge in [0.25, 0.3) is 0 Å². The van der Waals surface area contributed by atoms with Crippen molar-refractivity contribution in [1.82, 2.24) is 25.0 Å². The molecule has 2 aliphatic heterocycles. The van der Waals surface area contributed by atoms with Crippen LogP contribution in [0.5, 0.6) is 0 Å². The van der Waals surface area contributed by atoms with Crippen LogP contribution in [0, 0.1) is 5.92 Å². The summed E-state index contributed by atoms with van der Waals surface area (Å²) in [7, 11) is 0. The first-order valence-corrected chi connectivity index (χ1v) is 12.5. The van der Waals surface area contributed by atoms with Crippen molar-refractivity contribution in [3.05, 3.63) is 28.9 Å². The number of anilines is 2. The van der Waals surface area contributed by atoms with Gasteiger partial charge in [-0.05, 0) is 63.2 Å². The first kappa shape index (κ1) is 22.1. The Morgan fingerprint density at radius 2 is 2.03 bits per heavy atom. The Kier molecular flexibility index (Phi) is 7.50. The number of piperidine rings is 2. The Balaban J connectivity index is 1.32. The SMILES string of the molecule is CCc1nnc(Nc2cccc([C@@H]3CCCN(C(=O)CCN4CCC(C)CC4)C3)n2)s1. The van der Waals surface area contributed by atoms with Gasteiger partial charge in [-0.15, -0.1) is 10.2 Å². The Labute approximate surface area is 189 Å². The summed E-state index contributed by atoms with van der Waals surface area (Å²) in [5, 5.41) is 13.4. The molecule has 2 aliphatic rings. The van der Waals surface area contributed by atoms with Crippen LogP contribution in [0.15, 0.2) is 18.2 Å². The maximum Gasteiger partial charge on any atom is 0.223 e. The van der Waals surface area contributed by atoms with E-state index in [-0.39, 0.29) is 5.92 Å². The van der Waals surface area contributed by atoms with Gasteiger partial charge in [-0.3, -0.25) is 4.79 Å². The molecule has 7 nitrogen and oxygen atoms in total. The molecular formula is C23H34N6OS. The lowest BCUT2D eigenvalue weighted by Gasteiger charge is -2.34. The number of rotatable bonds is 7. The van der Waals surface area contributed by atoms with Crippen molar-refractivity contribution in [2.45, 2.75) is 58.3 Å². The highest BCUT2D eigenvalue weighted by molar-refractivity contribution is 7.15. The molecule has 31 heavy (non-hydrogen) atoms. The molecule has 0 radical (unpaired) electrons. The Morgan fingerprint density at radius 1 is 1.19 bits per heavy atom. The smallest absolute Gasteiger partial charge is 0.223 e. The van der Waals surface area contributed by atoms with E-state index in [1.54, 1.807) is 11.3 Å². The molecule has 0 saturated carbocycles. The van der Waals surface area contributed by atoms with Gasteiger partial charge >= 0.3 is 0 Å². The van der Waals surface area contributed by atoms with Gasteiger partial charge in [0.2, 0.25) is 11.0 Å². The molecule has 0 aliphatic carbocycles. The summed E-state index contributed by atoms with van der Waals surface area (Å²) in [5.41, 5.74) is 1.05. The second-order valence-electron chi connectivity index (χ2n) is 8.88. The molecule has 0 bridgehead atoms. The molecule has 4 rings (SSSR count). The van der Waals surface area contributed by atoms with Gasteiger partial charge in [0.05, 0.1) is 0 Å². The van der Waals surface area contributed by atoms with Crippen LogP contribution in [0.3, 0.4) is 0 Å². The van der Waals surface area contributed by atoms with Crippen molar-refractivity contribution in [3.8, 4) is 0 Å². The molecule has 2 aromatic heterocycles. The summed E-state index contributed by atoms with van der Waals surface area (Å²) in [5.74, 6) is 2.20. The molecule has 8 heteroatoms. The van der Waals surface area contributed by atoms with Crippen LogP contribution in [-0.4, -0.2) is 63.6 Å². The number of likely N-dealkylation sites (tertiary alicyclic amines) is 2. The van der Waals surface area contributed by atoms with E-state index in [9.17, 15) is 4.79 Å². The average molecular weight is 443 g/mol. The van der Waals surface area contributed by atoms with E-state index < -0.39 is 0 Å². The van der Waals surface area contributed by atoms with E-state index in [2.05, 4.69) is 45.2 Å². The number of hydrogen-bond donors (Lipinski definition) is 1. The predicted octanol–water partition coefficient (Wildman–Crippen LogP) is 4.07. The molecule has 0 spiro atoms. The van der Waals surface area contributed by atoms with Crippen LogP contribution in [-0.2, 0) is 11.2 Å². The highest BCUT2D eigenvalue weighted by Gasteiger charge is 2.26. The van der Waals surface area contributed by atoms with Crippen molar-refractivity contribution in [3.63, 3.8) is 0 Å². The van der Waals surface area contributed by atoms with Crippen LogP contribution < -0.4 is 5.32 Å². The Morgan fingerprint density at radius 3 is 2.81 bits per heavy atom. The molecule has 1 amide bonds. The van der Waals surface area contributed by atoms with Gasteiger partial charge in [0.1, 0.15) is 10.8 Å². The highest BCUT2D eigenvalue weighted by atomic mass is 32.1. The first-order chi connectivity index (χ1) is 15.1. The van der Waals surface area contributed by atoms with Crippen LogP contribution in [0.2, 0.25) is 0 Å². The molecule has 0 aromatic carbocycles. The van der Waals surface area contributed by atoms with Crippen molar-refractivity contribution in [2.75, 3.05) is 38.0 Å². The minimum atomic E-state index is 0.288. The monoisotopic (exact) mass is 442 g/mol. The number of carbonyl (C=O) groups is 1. The van der Waals surface area contributed by atoms with Crippen LogP contribution in [0.1, 0.15) is 62.6 Å². The minimum Gasteiger partial charge on any atom is -0.342 e. The summed E-state index contributed by atoms with van der Waals surface area (Å²) in [6.07, 6.45) is 6.14. The van der Waals surface area contributed by atoms with Crippen molar-refractivity contribution in [1.29, 1.82) is 0 Å². The summed E-state index contributed by atoms with van der Waals surface area (Å²) >= 11 is 1.56. The summed E-state index contributed by atoms with van der Waals surface area (Å²) < 4.78 is 0. The zero-order valence-electron chi connectivity index (χ0n) is 18.7. The molecule has 1 N–H and O–H groups in total. The Bertz CT molecular complexity index is 863. The van der Waals surface area contributed by atoms with Crippen molar-refractivity contribution in [2.24, 2.45) is 5.92 Å². The van der Waals surface area contributed by atoms with E-state index in [1.165, 1.54) is 12.8 Å². The highest BCUT2D eigenvalue weighted by Crippen LogP contribution is 2.28. The summed E-state index contributed by atoms with van der Waals surface area (Å²) in [6.45, 7) is 9.20. The molecule has 0 unspecified atom stereocenters. The molecular weight excluding hydrogens is 408 g/mol. The zero-order chi connectivity index (χ0) is 21.6. The minimum absolute atomic E-state index is 0.288. The largest absolute Gasteiger partial charge is 0.342 e. The molecule has 1 atom stereocenters. The van der Waals surface area contributed by atoms with Crippen LogP contribution in [0.25, 0.3) is 0 Å². The van der Waals surface area contributed by atoms with Gasteiger partial charge in [-0.2, -0.15) is 0 Å². The third-order valence-corrected chi connectivity index (χ3v) is 7.47. The van der Waals surface area contributed by atoms with Gasteiger partial charge in [0.15, 0.2) is 0 Å².